The number of nitrogens with zero attached hydrogens (tertiary/aromatic N) is 5. The van der Waals surface area contributed by atoms with Crippen LogP contribution in [0, 0.1) is 13.8 Å². The lowest BCUT2D eigenvalue weighted by Gasteiger charge is -2.35. The zero-order valence-corrected chi connectivity index (χ0v) is 12.9. The van der Waals surface area contributed by atoms with Gasteiger partial charge in [0.2, 0.25) is 5.91 Å². The van der Waals surface area contributed by atoms with E-state index >= 15 is 0 Å². The van der Waals surface area contributed by atoms with Gasteiger partial charge in [-0.25, -0.2) is 4.98 Å². The smallest absolute Gasteiger partial charge is 0.257 e. The maximum absolute atomic E-state index is 12.5. The summed E-state index contributed by atoms with van der Waals surface area (Å²) in [7, 11) is 0. The summed E-state index contributed by atoms with van der Waals surface area (Å²) >= 11 is 0. The van der Waals surface area contributed by atoms with Gasteiger partial charge in [0.1, 0.15) is 12.4 Å². The molecule has 2 aromatic heterocycles. The van der Waals surface area contributed by atoms with Gasteiger partial charge < -0.3 is 18.7 Å². The molecule has 0 bridgehead atoms. The second-order valence-electron chi connectivity index (χ2n) is 5.52. The molecule has 0 radical (unpaired) electrons. The number of morpholine rings is 1. The van der Waals surface area contributed by atoms with Gasteiger partial charge in [-0.2, -0.15) is 4.98 Å². The number of amides is 1. The van der Waals surface area contributed by atoms with Crippen molar-refractivity contribution in [2.75, 3.05) is 13.1 Å². The van der Waals surface area contributed by atoms with Crippen molar-refractivity contribution >= 4 is 5.91 Å². The van der Waals surface area contributed by atoms with Gasteiger partial charge in [0, 0.05) is 18.9 Å². The molecule has 1 aliphatic rings. The zero-order valence-electron chi connectivity index (χ0n) is 12.9. The van der Waals surface area contributed by atoms with Crippen LogP contribution in [0.3, 0.4) is 0 Å². The fraction of sp³-hybridized carbons (Fsp3) is 0.571. The number of carbonyl (C=O) groups is 1. The van der Waals surface area contributed by atoms with Crippen molar-refractivity contribution in [1.82, 2.24) is 24.6 Å². The Morgan fingerprint density at radius 2 is 2.23 bits per heavy atom. The first kappa shape index (κ1) is 14.7. The van der Waals surface area contributed by atoms with E-state index in [0.29, 0.717) is 24.8 Å². The molecule has 22 heavy (non-hydrogen) atoms. The first-order valence-corrected chi connectivity index (χ1v) is 7.24. The average Bonchev–Trinajstić information content (AvgIpc) is 3.08. The predicted molar refractivity (Wildman–Crippen MR) is 75.9 cm³/mol. The van der Waals surface area contributed by atoms with Crippen LogP contribution in [0.2, 0.25) is 0 Å². The highest BCUT2D eigenvalue weighted by atomic mass is 16.5. The second kappa shape index (κ2) is 5.88. The maximum atomic E-state index is 12.5. The van der Waals surface area contributed by atoms with Crippen molar-refractivity contribution in [2.45, 2.75) is 39.5 Å². The first-order chi connectivity index (χ1) is 10.5. The van der Waals surface area contributed by atoms with Crippen molar-refractivity contribution in [2.24, 2.45) is 0 Å². The molecule has 0 spiro atoms. The molecule has 2 atom stereocenters. The Labute approximate surface area is 128 Å². The molecule has 8 heteroatoms. The molecule has 0 unspecified atom stereocenters. The van der Waals surface area contributed by atoms with Crippen LogP contribution in [-0.2, 0) is 16.1 Å². The van der Waals surface area contributed by atoms with Crippen LogP contribution in [0.15, 0.2) is 16.9 Å². The number of ether oxygens (including phenoxy) is 1. The minimum atomic E-state index is -0.377. The topological polar surface area (TPSA) is 86.3 Å². The van der Waals surface area contributed by atoms with E-state index in [4.69, 9.17) is 9.26 Å². The lowest BCUT2D eigenvalue weighted by Crippen LogP contribution is -2.47. The molecular formula is C14H19N5O3. The molecule has 3 rings (SSSR count). The fourth-order valence-corrected chi connectivity index (χ4v) is 2.55. The minimum absolute atomic E-state index is 0.0255. The van der Waals surface area contributed by atoms with Crippen LogP contribution >= 0.6 is 0 Å². The standard InChI is InChI=1S/C14H19N5O3/c1-9-6-19(13(20)8-18-5-4-15-11(18)3)7-12(21-9)14-16-10(2)17-22-14/h4-5,9,12H,6-8H2,1-3H3/t9-,12-/m1/s1. The highest BCUT2D eigenvalue weighted by molar-refractivity contribution is 5.76. The van der Waals surface area contributed by atoms with Gasteiger partial charge in [0.15, 0.2) is 11.9 Å². The lowest BCUT2D eigenvalue weighted by molar-refractivity contribution is -0.147. The van der Waals surface area contributed by atoms with Gasteiger partial charge in [0.05, 0.1) is 12.6 Å². The Morgan fingerprint density at radius 3 is 2.86 bits per heavy atom. The monoisotopic (exact) mass is 305 g/mol. The third kappa shape index (κ3) is 3.01. The Balaban J connectivity index is 1.70. The molecule has 2 aromatic rings. The highest BCUT2D eigenvalue weighted by Gasteiger charge is 2.32. The summed E-state index contributed by atoms with van der Waals surface area (Å²) in [5.74, 6) is 1.82. The number of imidazole rings is 1. The van der Waals surface area contributed by atoms with Crippen LogP contribution in [0.5, 0.6) is 0 Å². The van der Waals surface area contributed by atoms with Crippen molar-refractivity contribution in [3.63, 3.8) is 0 Å². The maximum Gasteiger partial charge on any atom is 0.257 e. The van der Waals surface area contributed by atoms with Gasteiger partial charge in [-0.3, -0.25) is 4.79 Å². The van der Waals surface area contributed by atoms with Gasteiger partial charge >= 0.3 is 0 Å². The highest BCUT2D eigenvalue weighted by Crippen LogP contribution is 2.24. The number of rotatable bonds is 3. The van der Waals surface area contributed by atoms with Gasteiger partial charge in [-0.05, 0) is 20.8 Å². The molecule has 0 aromatic carbocycles. The summed E-state index contributed by atoms with van der Waals surface area (Å²) in [5.41, 5.74) is 0. The van der Waals surface area contributed by atoms with Crippen LogP contribution < -0.4 is 0 Å². The van der Waals surface area contributed by atoms with Crippen molar-refractivity contribution < 1.29 is 14.1 Å². The van der Waals surface area contributed by atoms with E-state index in [1.54, 1.807) is 24.2 Å². The molecule has 1 amide bonds. The number of hydrogen-bond acceptors (Lipinski definition) is 6. The summed E-state index contributed by atoms with van der Waals surface area (Å²) in [6.07, 6.45) is 3.03. The van der Waals surface area contributed by atoms with E-state index in [1.807, 2.05) is 18.4 Å². The van der Waals surface area contributed by atoms with Gasteiger partial charge in [0.25, 0.3) is 5.89 Å². The summed E-state index contributed by atoms with van der Waals surface area (Å²) in [4.78, 5) is 22.6. The minimum Gasteiger partial charge on any atom is -0.362 e. The van der Waals surface area contributed by atoms with Crippen LogP contribution in [0.4, 0.5) is 0 Å². The van der Waals surface area contributed by atoms with E-state index in [-0.39, 0.29) is 24.7 Å². The summed E-state index contributed by atoms with van der Waals surface area (Å²) in [6, 6.07) is 0. The van der Waals surface area contributed by atoms with E-state index in [0.717, 1.165) is 5.82 Å². The fourth-order valence-electron chi connectivity index (χ4n) is 2.55. The van der Waals surface area contributed by atoms with Gasteiger partial charge in [-0.15, -0.1) is 0 Å². The number of carbonyl (C=O) groups excluding carboxylic acids is 1. The van der Waals surface area contributed by atoms with E-state index in [2.05, 4.69) is 15.1 Å². The SMILES string of the molecule is Cc1noc([C@H]2CN(C(=O)Cn3ccnc3C)C[C@@H](C)O2)n1. The van der Waals surface area contributed by atoms with Crippen LogP contribution in [-0.4, -0.2) is 49.7 Å². The molecule has 1 aliphatic heterocycles. The largest absolute Gasteiger partial charge is 0.362 e. The quantitative estimate of drug-likeness (QED) is 0.836. The number of aromatic nitrogens is 4. The average molecular weight is 305 g/mol. The lowest BCUT2D eigenvalue weighted by atomic mass is 10.2. The van der Waals surface area contributed by atoms with Crippen LogP contribution in [0.25, 0.3) is 0 Å². The van der Waals surface area contributed by atoms with Crippen LogP contribution in [0.1, 0.15) is 30.6 Å². The summed E-state index contributed by atoms with van der Waals surface area (Å²) in [5, 5.41) is 3.78. The molecule has 3 heterocycles. The van der Waals surface area contributed by atoms with Crippen molar-refractivity contribution in [3.05, 3.63) is 29.9 Å². The Bertz CT molecular complexity index is 665. The molecule has 0 saturated carbocycles. The predicted octanol–water partition coefficient (Wildman–Crippen LogP) is 0.872. The molecule has 1 saturated heterocycles. The zero-order chi connectivity index (χ0) is 15.7. The Hall–Kier alpha value is -2.22. The van der Waals surface area contributed by atoms with E-state index in [1.165, 1.54) is 0 Å². The molecule has 1 fully saturated rings. The molecule has 0 N–H and O–H groups in total. The third-order valence-electron chi connectivity index (χ3n) is 3.66. The Morgan fingerprint density at radius 1 is 1.41 bits per heavy atom. The molecule has 0 aliphatic carbocycles. The Kier molecular flexibility index (Phi) is 3.93. The van der Waals surface area contributed by atoms with E-state index < -0.39 is 0 Å². The normalized spacial score (nSPS) is 22.0. The van der Waals surface area contributed by atoms with Gasteiger partial charge in [-0.1, -0.05) is 5.16 Å². The number of aryl methyl sites for hydroxylation is 2. The molecular weight excluding hydrogens is 286 g/mol. The molecule has 118 valence electrons. The number of hydrogen-bond donors (Lipinski definition) is 0. The third-order valence-corrected chi connectivity index (χ3v) is 3.66. The van der Waals surface area contributed by atoms with Crippen molar-refractivity contribution in [1.29, 1.82) is 0 Å². The molecule has 8 nitrogen and oxygen atoms in total. The van der Waals surface area contributed by atoms with Crippen molar-refractivity contribution in [3.8, 4) is 0 Å². The first-order valence-electron chi connectivity index (χ1n) is 7.24. The summed E-state index contributed by atoms with van der Waals surface area (Å²) < 4.78 is 12.8. The van der Waals surface area contributed by atoms with E-state index in [9.17, 15) is 4.79 Å². The summed E-state index contributed by atoms with van der Waals surface area (Å²) in [6.45, 7) is 6.80. The second-order valence-corrected chi connectivity index (χ2v) is 5.52.